The molecule has 0 amide bonds. The maximum Gasteiger partial charge on any atom is 0.308 e. The Morgan fingerprint density at radius 2 is 1.92 bits per heavy atom. The molecule has 2 N–H and O–H groups in total. The van der Waals surface area contributed by atoms with Gasteiger partial charge in [-0.25, -0.2) is 0 Å². The van der Waals surface area contributed by atoms with E-state index in [0.717, 1.165) is 44.7 Å². The highest BCUT2D eigenvalue weighted by Crippen LogP contribution is 2.25. The monoisotopic (exact) mass is 352 g/mol. The van der Waals surface area contributed by atoms with Gasteiger partial charge in [-0.2, -0.15) is 0 Å². The Balaban J connectivity index is 1.72. The van der Waals surface area contributed by atoms with Gasteiger partial charge in [-0.3, -0.25) is 14.7 Å². The number of likely N-dealkylation sites (tertiary alicyclic amines) is 1. The van der Waals surface area contributed by atoms with Crippen molar-refractivity contribution >= 4 is 11.9 Å². The average Bonchev–Trinajstić information content (AvgIpc) is 2.66. The summed E-state index contributed by atoms with van der Waals surface area (Å²) in [6.07, 6.45) is 7.71. The summed E-state index contributed by atoms with van der Waals surface area (Å²) in [6.45, 7) is 7.87. The minimum Gasteiger partial charge on any atom is -0.466 e. The molecular weight excluding hydrogens is 316 g/mol. The molecule has 0 spiro atoms. The lowest BCUT2D eigenvalue weighted by molar-refractivity contribution is -0.149. The zero-order valence-electron chi connectivity index (χ0n) is 16.2. The summed E-state index contributed by atoms with van der Waals surface area (Å²) in [5, 5.41) is 7.05. The van der Waals surface area contributed by atoms with Crippen LogP contribution in [-0.4, -0.2) is 62.2 Å². The van der Waals surface area contributed by atoms with Crippen molar-refractivity contribution < 1.29 is 9.53 Å². The molecule has 2 fully saturated rings. The van der Waals surface area contributed by atoms with Crippen LogP contribution in [0, 0.1) is 5.92 Å². The zero-order chi connectivity index (χ0) is 18.1. The number of ether oxygens (including phenoxy) is 1. The fraction of sp³-hybridized carbons (Fsp3) is 0.895. The van der Waals surface area contributed by atoms with Gasteiger partial charge in [-0.05, 0) is 58.5 Å². The molecule has 0 aromatic rings. The van der Waals surface area contributed by atoms with Gasteiger partial charge < -0.3 is 15.4 Å². The van der Waals surface area contributed by atoms with E-state index >= 15 is 0 Å². The third-order valence-electron chi connectivity index (χ3n) is 5.57. The van der Waals surface area contributed by atoms with Crippen molar-refractivity contribution in [1.29, 1.82) is 0 Å². The van der Waals surface area contributed by atoms with Crippen LogP contribution < -0.4 is 10.6 Å². The highest BCUT2D eigenvalue weighted by Gasteiger charge is 2.28. The van der Waals surface area contributed by atoms with E-state index in [1.54, 1.807) is 0 Å². The summed E-state index contributed by atoms with van der Waals surface area (Å²) >= 11 is 0. The molecule has 1 atom stereocenters. The second-order valence-electron chi connectivity index (χ2n) is 7.18. The lowest BCUT2D eigenvalue weighted by atomic mass is 9.86. The second kappa shape index (κ2) is 10.6. The fourth-order valence-corrected chi connectivity index (χ4v) is 4.04. The predicted molar refractivity (Wildman–Crippen MR) is 102 cm³/mol. The van der Waals surface area contributed by atoms with Crippen LogP contribution in [0.15, 0.2) is 4.99 Å². The molecule has 1 aliphatic carbocycles. The van der Waals surface area contributed by atoms with E-state index in [-0.39, 0.29) is 11.9 Å². The van der Waals surface area contributed by atoms with Crippen LogP contribution in [0.2, 0.25) is 0 Å². The topological polar surface area (TPSA) is 66.0 Å². The van der Waals surface area contributed by atoms with Gasteiger partial charge in [0, 0.05) is 25.7 Å². The first kappa shape index (κ1) is 20.0. The third-order valence-corrected chi connectivity index (χ3v) is 5.57. The van der Waals surface area contributed by atoms with Gasteiger partial charge in [0.1, 0.15) is 0 Å². The van der Waals surface area contributed by atoms with E-state index in [9.17, 15) is 4.79 Å². The molecule has 25 heavy (non-hydrogen) atoms. The number of hydrogen-bond acceptors (Lipinski definition) is 4. The zero-order valence-corrected chi connectivity index (χ0v) is 16.2. The summed E-state index contributed by atoms with van der Waals surface area (Å²) < 4.78 is 5.15. The molecule has 6 nitrogen and oxygen atoms in total. The fourth-order valence-electron chi connectivity index (χ4n) is 4.04. The van der Waals surface area contributed by atoms with Crippen LogP contribution in [0.1, 0.15) is 58.8 Å². The highest BCUT2D eigenvalue weighted by molar-refractivity contribution is 5.80. The molecule has 1 saturated heterocycles. The first-order valence-corrected chi connectivity index (χ1v) is 10.1. The van der Waals surface area contributed by atoms with Crippen molar-refractivity contribution in [2.75, 3.05) is 33.3 Å². The van der Waals surface area contributed by atoms with Crippen molar-refractivity contribution in [3.63, 3.8) is 0 Å². The van der Waals surface area contributed by atoms with Crippen LogP contribution in [-0.2, 0) is 9.53 Å². The maximum atomic E-state index is 11.8. The number of rotatable bonds is 6. The SMILES string of the molecule is CCOC(=O)C1CCC(NC(=NC)NCC2CCCCN2CC)CC1. The first-order chi connectivity index (χ1) is 12.2. The van der Waals surface area contributed by atoms with Crippen molar-refractivity contribution in [2.24, 2.45) is 10.9 Å². The summed E-state index contributed by atoms with van der Waals surface area (Å²) in [4.78, 5) is 18.8. The Labute approximate surface area is 152 Å². The molecule has 1 aliphatic heterocycles. The van der Waals surface area contributed by atoms with E-state index in [1.807, 2.05) is 14.0 Å². The lowest BCUT2D eigenvalue weighted by Gasteiger charge is -2.35. The average molecular weight is 353 g/mol. The van der Waals surface area contributed by atoms with Gasteiger partial charge in [0.15, 0.2) is 5.96 Å². The third kappa shape index (κ3) is 6.17. The molecular formula is C19H36N4O2. The Morgan fingerprint density at radius 3 is 2.56 bits per heavy atom. The first-order valence-electron chi connectivity index (χ1n) is 10.1. The van der Waals surface area contributed by atoms with Crippen LogP contribution in [0.3, 0.4) is 0 Å². The molecule has 2 rings (SSSR count). The van der Waals surface area contributed by atoms with Gasteiger partial charge >= 0.3 is 5.97 Å². The number of nitrogens with zero attached hydrogens (tertiary/aromatic N) is 2. The van der Waals surface area contributed by atoms with Crippen molar-refractivity contribution in [3.05, 3.63) is 0 Å². The number of aliphatic imine (C=N–C) groups is 1. The number of nitrogens with one attached hydrogen (secondary N) is 2. The quantitative estimate of drug-likeness (QED) is 0.436. The normalized spacial score (nSPS) is 28.4. The Kier molecular flexibility index (Phi) is 8.52. The lowest BCUT2D eigenvalue weighted by Crippen LogP contribution is -2.51. The number of guanidine groups is 1. The van der Waals surface area contributed by atoms with Crippen LogP contribution in [0.4, 0.5) is 0 Å². The van der Waals surface area contributed by atoms with Crippen LogP contribution in [0.5, 0.6) is 0 Å². The predicted octanol–water partition coefficient (Wildman–Crippen LogP) is 2.15. The van der Waals surface area contributed by atoms with E-state index < -0.39 is 0 Å². The molecule has 144 valence electrons. The maximum absolute atomic E-state index is 11.8. The van der Waals surface area contributed by atoms with Crippen LogP contribution >= 0.6 is 0 Å². The molecule has 0 bridgehead atoms. The minimum absolute atomic E-state index is 0.0274. The molecule has 1 saturated carbocycles. The van der Waals surface area contributed by atoms with E-state index in [4.69, 9.17) is 4.74 Å². The van der Waals surface area contributed by atoms with Gasteiger partial charge in [0.25, 0.3) is 0 Å². The summed E-state index contributed by atoms with van der Waals surface area (Å²) in [7, 11) is 1.83. The number of piperidine rings is 1. The van der Waals surface area contributed by atoms with Crippen molar-refractivity contribution in [1.82, 2.24) is 15.5 Å². The number of carbonyl (C=O) groups excluding carboxylic acids is 1. The van der Waals surface area contributed by atoms with Gasteiger partial charge in [0.2, 0.25) is 0 Å². The molecule has 0 aromatic heterocycles. The molecule has 1 heterocycles. The van der Waals surface area contributed by atoms with Gasteiger partial charge in [-0.15, -0.1) is 0 Å². The van der Waals surface area contributed by atoms with Crippen LogP contribution in [0.25, 0.3) is 0 Å². The molecule has 1 unspecified atom stereocenters. The van der Waals surface area contributed by atoms with E-state index in [1.165, 1.54) is 25.8 Å². The van der Waals surface area contributed by atoms with E-state index in [0.29, 0.717) is 18.7 Å². The van der Waals surface area contributed by atoms with Gasteiger partial charge in [0.05, 0.1) is 12.5 Å². The Bertz CT molecular complexity index is 433. The van der Waals surface area contributed by atoms with Crippen molar-refractivity contribution in [3.8, 4) is 0 Å². The van der Waals surface area contributed by atoms with E-state index in [2.05, 4.69) is 27.4 Å². The molecule has 0 aromatic carbocycles. The molecule has 6 heteroatoms. The number of carbonyl (C=O) groups is 1. The van der Waals surface area contributed by atoms with Gasteiger partial charge in [-0.1, -0.05) is 13.3 Å². The summed E-state index contributed by atoms with van der Waals surface area (Å²) in [5.74, 6) is 0.940. The molecule has 2 aliphatic rings. The standard InChI is InChI=1S/C19H36N4O2/c1-4-23-13-7-6-8-17(23)14-21-19(20-3)22-16-11-9-15(10-12-16)18(24)25-5-2/h15-17H,4-14H2,1-3H3,(H2,20,21,22). The number of esters is 1. The number of likely N-dealkylation sites (N-methyl/N-ethyl adjacent to an activating group) is 1. The smallest absolute Gasteiger partial charge is 0.308 e. The second-order valence-corrected chi connectivity index (χ2v) is 7.18. The van der Waals surface area contributed by atoms with Crippen molar-refractivity contribution in [2.45, 2.75) is 70.9 Å². The molecule has 0 radical (unpaired) electrons. The summed E-state index contributed by atoms with van der Waals surface area (Å²) in [5.41, 5.74) is 0. The number of hydrogen-bond donors (Lipinski definition) is 2. The summed E-state index contributed by atoms with van der Waals surface area (Å²) in [6, 6.07) is 1.00. The Hall–Kier alpha value is -1.30. The minimum atomic E-state index is -0.0274. The highest BCUT2D eigenvalue weighted by atomic mass is 16.5. The largest absolute Gasteiger partial charge is 0.466 e. The Morgan fingerprint density at radius 1 is 1.16 bits per heavy atom.